The second-order valence-electron chi connectivity index (χ2n) is 6.11. The topological polar surface area (TPSA) is 29.1 Å². The van der Waals surface area contributed by atoms with Gasteiger partial charge < -0.3 is 5.32 Å². The SMILES string of the molecule is CC1=CC(C(=O)Nc2cccc(C(F)(F)F)c2)=CCC1(C)C. The standard InChI is InChI=1S/C17H18F3NO/c1-11-9-12(7-8-16(11,2)3)15(22)21-14-6-4-5-13(10-14)17(18,19)20/h4-7,9-10H,8H2,1-3H3,(H,21,22). The average molecular weight is 309 g/mol. The first-order valence-corrected chi connectivity index (χ1v) is 6.97. The van der Waals surface area contributed by atoms with Gasteiger partial charge in [0.1, 0.15) is 0 Å². The highest BCUT2D eigenvalue weighted by Crippen LogP contribution is 2.35. The predicted octanol–water partition coefficient (Wildman–Crippen LogP) is 4.95. The monoisotopic (exact) mass is 309 g/mol. The van der Waals surface area contributed by atoms with Crippen LogP contribution in [0.1, 0.15) is 32.8 Å². The first kappa shape index (κ1) is 16.3. The van der Waals surface area contributed by atoms with Gasteiger partial charge in [-0.2, -0.15) is 13.2 Å². The Morgan fingerprint density at radius 2 is 1.95 bits per heavy atom. The summed E-state index contributed by atoms with van der Waals surface area (Å²) in [4.78, 5) is 12.2. The van der Waals surface area contributed by atoms with E-state index in [4.69, 9.17) is 0 Å². The summed E-state index contributed by atoms with van der Waals surface area (Å²) in [5, 5.41) is 2.52. The van der Waals surface area contributed by atoms with Crippen molar-refractivity contribution >= 4 is 11.6 Å². The number of halogens is 3. The van der Waals surface area contributed by atoms with Crippen LogP contribution in [-0.2, 0) is 11.0 Å². The van der Waals surface area contributed by atoms with Gasteiger partial charge >= 0.3 is 6.18 Å². The van der Waals surface area contributed by atoms with Crippen molar-refractivity contribution in [2.75, 3.05) is 5.32 Å². The summed E-state index contributed by atoms with van der Waals surface area (Å²) < 4.78 is 38.0. The van der Waals surface area contributed by atoms with Crippen LogP contribution >= 0.6 is 0 Å². The van der Waals surface area contributed by atoms with Crippen molar-refractivity contribution in [3.63, 3.8) is 0 Å². The maximum Gasteiger partial charge on any atom is 0.416 e. The second-order valence-corrected chi connectivity index (χ2v) is 6.11. The van der Waals surface area contributed by atoms with E-state index in [-0.39, 0.29) is 11.1 Å². The molecule has 1 aromatic rings. The van der Waals surface area contributed by atoms with Gasteiger partial charge in [0.05, 0.1) is 5.56 Å². The van der Waals surface area contributed by atoms with Crippen LogP contribution in [0, 0.1) is 5.41 Å². The number of carbonyl (C=O) groups is 1. The molecule has 5 heteroatoms. The zero-order chi connectivity index (χ0) is 16.5. The zero-order valence-corrected chi connectivity index (χ0v) is 12.7. The summed E-state index contributed by atoms with van der Waals surface area (Å²) in [6.07, 6.45) is -0.103. The molecule has 22 heavy (non-hydrogen) atoms. The molecule has 1 N–H and O–H groups in total. The van der Waals surface area contributed by atoms with E-state index in [1.165, 1.54) is 12.1 Å². The van der Waals surface area contributed by atoms with Crippen LogP contribution in [0.15, 0.2) is 47.6 Å². The number of amides is 1. The first-order valence-electron chi connectivity index (χ1n) is 6.97. The first-order chi connectivity index (χ1) is 10.1. The molecule has 0 atom stereocenters. The Balaban J connectivity index is 2.16. The molecule has 1 aliphatic rings. The Kier molecular flexibility index (Phi) is 4.18. The Morgan fingerprint density at radius 3 is 2.55 bits per heavy atom. The smallest absolute Gasteiger partial charge is 0.322 e. The number of benzene rings is 1. The minimum absolute atomic E-state index is 0.0000190. The Bertz CT molecular complexity index is 654. The van der Waals surface area contributed by atoms with Crippen LogP contribution in [0.5, 0.6) is 0 Å². The lowest BCUT2D eigenvalue weighted by Gasteiger charge is -2.28. The van der Waals surface area contributed by atoms with E-state index in [1.807, 2.05) is 13.0 Å². The summed E-state index contributed by atoms with van der Waals surface area (Å²) in [5.74, 6) is -0.394. The van der Waals surface area contributed by atoms with Crippen LogP contribution < -0.4 is 5.32 Å². The number of anilines is 1. The number of alkyl halides is 3. The largest absolute Gasteiger partial charge is 0.416 e. The Morgan fingerprint density at radius 1 is 1.27 bits per heavy atom. The van der Waals surface area contributed by atoms with Gasteiger partial charge in [0.2, 0.25) is 0 Å². The number of hydrogen-bond acceptors (Lipinski definition) is 1. The number of allylic oxidation sites excluding steroid dienone is 2. The van der Waals surface area contributed by atoms with E-state index >= 15 is 0 Å². The van der Waals surface area contributed by atoms with E-state index in [0.29, 0.717) is 5.57 Å². The van der Waals surface area contributed by atoms with Gasteiger partial charge in [0.25, 0.3) is 5.91 Å². The van der Waals surface area contributed by atoms with Crippen molar-refractivity contribution in [2.24, 2.45) is 5.41 Å². The summed E-state index contributed by atoms with van der Waals surface area (Å²) in [5.41, 5.74) is 0.908. The van der Waals surface area contributed by atoms with Gasteiger partial charge in [-0.15, -0.1) is 0 Å². The lowest BCUT2D eigenvalue weighted by atomic mass is 9.77. The van der Waals surface area contributed by atoms with Crippen molar-refractivity contribution in [1.82, 2.24) is 0 Å². The summed E-state index contributed by atoms with van der Waals surface area (Å²) in [6, 6.07) is 4.62. The van der Waals surface area contributed by atoms with Gasteiger partial charge in [-0.3, -0.25) is 4.79 Å². The lowest BCUT2D eigenvalue weighted by Crippen LogP contribution is -2.21. The maximum atomic E-state index is 12.7. The summed E-state index contributed by atoms with van der Waals surface area (Å²) in [7, 11) is 0. The molecule has 1 aliphatic carbocycles. The van der Waals surface area contributed by atoms with Crippen molar-refractivity contribution in [3.8, 4) is 0 Å². The number of nitrogens with one attached hydrogen (secondary N) is 1. The van der Waals surface area contributed by atoms with Crippen LogP contribution in [0.4, 0.5) is 18.9 Å². The van der Waals surface area contributed by atoms with Crippen molar-refractivity contribution in [3.05, 3.63) is 53.1 Å². The Hall–Kier alpha value is -2.04. The highest BCUT2D eigenvalue weighted by Gasteiger charge is 2.30. The fourth-order valence-electron chi connectivity index (χ4n) is 2.15. The van der Waals surface area contributed by atoms with Crippen LogP contribution in [0.2, 0.25) is 0 Å². The summed E-state index contributed by atoms with van der Waals surface area (Å²) in [6.45, 7) is 6.11. The van der Waals surface area contributed by atoms with Crippen molar-refractivity contribution in [1.29, 1.82) is 0 Å². The van der Waals surface area contributed by atoms with Gasteiger partial charge in [0, 0.05) is 11.3 Å². The number of carbonyl (C=O) groups excluding carboxylic acids is 1. The lowest BCUT2D eigenvalue weighted by molar-refractivity contribution is -0.137. The van der Waals surface area contributed by atoms with Gasteiger partial charge in [-0.25, -0.2) is 0 Å². The fraction of sp³-hybridized carbons (Fsp3) is 0.353. The van der Waals surface area contributed by atoms with E-state index in [9.17, 15) is 18.0 Å². The third kappa shape index (κ3) is 3.59. The number of hydrogen-bond donors (Lipinski definition) is 1. The molecule has 1 aromatic carbocycles. The molecule has 0 unspecified atom stereocenters. The van der Waals surface area contributed by atoms with Crippen molar-refractivity contribution in [2.45, 2.75) is 33.4 Å². The third-order valence-electron chi connectivity index (χ3n) is 3.98. The summed E-state index contributed by atoms with van der Waals surface area (Å²) >= 11 is 0. The van der Waals surface area contributed by atoms with E-state index in [0.717, 1.165) is 24.1 Å². The molecule has 0 bridgehead atoms. The molecular weight excluding hydrogens is 291 g/mol. The molecule has 2 nitrogen and oxygen atoms in total. The molecule has 0 aliphatic heterocycles. The van der Waals surface area contributed by atoms with Crippen LogP contribution in [-0.4, -0.2) is 5.91 Å². The predicted molar refractivity (Wildman–Crippen MR) is 80.3 cm³/mol. The maximum absolute atomic E-state index is 12.7. The molecule has 0 aromatic heterocycles. The van der Waals surface area contributed by atoms with E-state index in [2.05, 4.69) is 19.2 Å². The molecule has 0 fully saturated rings. The molecular formula is C17H18F3NO. The third-order valence-corrected chi connectivity index (χ3v) is 3.98. The highest BCUT2D eigenvalue weighted by atomic mass is 19.4. The molecule has 0 saturated heterocycles. The normalized spacial score (nSPS) is 17.5. The highest BCUT2D eigenvalue weighted by molar-refractivity contribution is 6.06. The second kappa shape index (κ2) is 5.63. The molecule has 1 amide bonds. The van der Waals surface area contributed by atoms with Crippen LogP contribution in [0.3, 0.4) is 0 Å². The molecule has 118 valence electrons. The number of rotatable bonds is 2. The average Bonchev–Trinajstić information content (AvgIpc) is 2.41. The van der Waals surface area contributed by atoms with Gasteiger partial charge in [0.15, 0.2) is 0 Å². The van der Waals surface area contributed by atoms with Crippen LogP contribution in [0.25, 0.3) is 0 Å². The molecule has 2 rings (SSSR count). The van der Waals surface area contributed by atoms with E-state index < -0.39 is 17.6 Å². The zero-order valence-electron chi connectivity index (χ0n) is 12.7. The van der Waals surface area contributed by atoms with Gasteiger partial charge in [-0.1, -0.05) is 37.6 Å². The molecule has 0 saturated carbocycles. The van der Waals surface area contributed by atoms with E-state index in [1.54, 1.807) is 6.08 Å². The van der Waals surface area contributed by atoms with Gasteiger partial charge in [-0.05, 0) is 37.0 Å². The minimum atomic E-state index is -4.43. The van der Waals surface area contributed by atoms with Crippen molar-refractivity contribution < 1.29 is 18.0 Å². The molecule has 0 radical (unpaired) electrons. The molecule has 0 heterocycles. The Labute approximate surface area is 127 Å². The minimum Gasteiger partial charge on any atom is -0.322 e. The fourth-order valence-corrected chi connectivity index (χ4v) is 2.15. The molecule has 0 spiro atoms. The quantitative estimate of drug-likeness (QED) is 0.823.